The monoisotopic (exact) mass is 473 g/mol. The maximum atomic E-state index is 12.4. The van der Waals surface area contributed by atoms with Crippen LogP contribution in [-0.4, -0.2) is 23.9 Å². The summed E-state index contributed by atoms with van der Waals surface area (Å²) >= 11 is 13.2. The molecule has 0 unspecified atom stereocenters. The van der Waals surface area contributed by atoms with Crippen molar-refractivity contribution in [3.8, 4) is 16.9 Å². The Morgan fingerprint density at radius 1 is 0.906 bits per heavy atom. The van der Waals surface area contributed by atoms with E-state index in [1.54, 1.807) is 47.4 Å². The highest BCUT2D eigenvalue weighted by atomic mass is 35.5. The van der Waals surface area contributed by atoms with E-state index in [1.165, 1.54) is 10.7 Å². The number of nitrogens with zero attached hydrogens (tertiary/aromatic N) is 4. The molecule has 0 aliphatic rings. The lowest BCUT2D eigenvalue weighted by molar-refractivity contribution is 0.488. The summed E-state index contributed by atoms with van der Waals surface area (Å²) in [6.07, 6.45) is 1.79. The zero-order valence-electron chi connectivity index (χ0n) is 17.9. The molecule has 3 aromatic heterocycles. The molecule has 0 bridgehead atoms. The van der Waals surface area contributed by atoms with Gasteiger partial charge >= 0.3 is 5.69 Å². The van der Waals surface area contributed by atoms with E-state index in [9.17, 15) is 14.4 Å². The van der Waals surface area contributed by atoms with Crippen molar-refractivity contribution < 1.29 is 0 Å². The van der Waals surface area contributed by atoms with Gasteiger partial charge in [-0.2, -0.15) is 5.10 Å². The number of hydrogen-bond donors (Lipinski definition) is 1. The zero-order chi connectivity index (χ0) is 23.3. The van der Waals surface area contributed by atoms with Crippen LogP contribution in [0.4, 0.5) is 0 Å². The van der Waals surface area contributed by atoms with Crippen LogP contribution in [0.25, 0.3) is 28.0 Å². The van der Waals surface area contributed by atoms with Crippen molar-refractivity contribution in [2.24, 2.45) is 0 Å². The first-order valence-corrected chi connectivity index (χ1v) is 10.8. The predicted molar refractivity (Wildman–Crippen MR) is 126 cm³/mol. The predicted octanol–water partition coefficient (Wildman–Crippen LogP) is 4.17. The molecule has 0 radical (unpaired) electrons. The van der Waals surface area contributed by atoms with Gasteiger partial charge in [0.05, 0.1) is 32.8 Å². The average molecular weight is 474 g/mol. The molecule has 0 aliphatic heterocycles. The van der Waals surface area contributed by atoms with Crippen LogP contribution in [0.5, 0.6) is 0 Å². The van der Waals surface area contributed by atoms with E-state index in [2.05, 4.69) is 10.1 Å². The molecule has 32 heavy (non-hydrogen) atoms. The molecule has 0 aliphatic carbocycles. The van der Waals surface area contributed by atoms with Crippen molar-refractivity contribution in [1.82, 2.24) is 23.9 Å². The second kappa shape index (κ2) is 8.11. The van der Waals surface area contributed by atoms with Gasteiger partial charge in [-0.25, -0.2) is 9.48 Å². The van der Waals surface area contributed by atoms with Gasteiger partial charge in [-0.15, -0.1) is 0 Å². The van der Waals surface area contributed by atoms with Crippen molar-refractivity contribution >= 4 is 34.2 Å². The van der Waals surface area contributed by atoms with Crippen molar-refractivity contribution in [1.29, 1.82) is 0 Å². The van der Waals surface area contributed by atoms with Gasteiger partial charge in [0.2, 0.25) is 0 Å². The Hall–Kier alpha value is -3.10. The topological polar surface area (TPSA) is 94.7 Å². The number of hydrogen-bond acceptors (Lipinski definition) is 4. The van der Waals surface area contributed by atoms with Gasteiger partial charge in [0, 0.05) is 23.9 Å². The maximum Gasteiger partial charge on any atom is 0.345 e. The molecule has 10 heteroatoms. The molecule has 0 atom stereocenters. The van der Waals surface area contributed by atoms with Crippen LogP contribution in [0.2, 0.25) is 10.0 Å². The molecule has 0 fully saturated rings. The molecule has 0 amide bonds. The highest BCUT2D eigenvalue weighted by Crippen LogP contribution is 2.35. The number of halogens is 2. The highest BCUT2D eigenvalue weighted by molar-refractivity contribution is 6.38. The molecule has 1 aromatic carbocycles. The molecule has 0 spiro atoms. The van der Waals surface area contributed by atoms with Gasteiger partial charge in [0.15, 0.2) is 5.69 Å². The maximum absolute atomic E-state index is 12.4. The summed E-state index contributed by atoms with van der Waals surface area (Å²) in [4.78, 5) is 39.0. The van der Waals surface area contributed by atoms with Gasteiger partial charge in [-0.05, 0) is 52.0 Å². The van der Waals surface area contributed by atoms with E-state index >= 15 is 0 Å². The molecule has 4 aromatic rings. The normalized spacial score (nSPS) is 11.8. The van der Waals surface area contributed by atoms with Crippen LogP contribution in [0.15, 0.2) is 50.9 Å². The summed E-state index contributed by atoms with van der Waals surface area (Å²) in [5, 5.41) is 4.78. The Labute approximate surface area is 192 Å². The van der Waals surface area contributed by atoms with Gasteiger partial charge in [-0.3, -0.25) is 14.6 Å². The smallest absolute Gasteiger partial charge is 0.312 e. The number of nitrogens with one attached hydrogen (secondary N) is 1. The van der Waals surface area contributed by atoms with E-state index in [-0.39, 0.29) is 33.4 Å². The van der Waals surface area contributed by atoms with Crippen LogP contribution < -0.4 is 16.8 Å². The number of benzene rings is 1. The van der Waals surface area contributed by atoms with E-state index in [1.807, 2.05) is 19.9 Å². The Morgan fingerprint density at radius 2 is 1.56 bits per heavy atom. The SMILES string of the molecule is CC(C)n1nc(-c2cc(Cl)c(-n3ccc4c3ccc(=O)n4C(C)C)c(Cl)c2)c(=O)[nH]c1=O. The minimum Gasteiger partial charge on any atom is -0.312 e. The molecular weight excluding hydrogens is 453 g/mol. The van der Waals surface area contributed by atoms with E-state index < -0.39 is 11.2 Å². The van der Waals surface area contributed by atoms with Crippen molar-refractivity contribution in [3.05, 3.63) is 77.8 Å². The van der Waals surface area contributed by atoms with Gasteiger partial charge in [0.25, 0.3) is 11.1 Å². The summed E-state index contributed by atoms with van der Waals surface area (Å²) < 4.78 is 4.69. The summed E-state index contributed by atoms with van der Waals surface area (Å²) in [7, 11) is 0. The Bertz CT molecular complexity index is 1500. The minimum absolute atomic E-state index is 0.0233. The molecule has 3 heterocycles. The third kappa shape index (κ3) is 3.59. The quantitative estimate of drug-likeness (QED) is 0.480. The van der Waals surface area contributed by atoms with Crippen LogP contribution >= 0.6 is 23.2 Å². The minimum atomic E-state index is -0.626. The van der Waals surface area contributed by atoms with Crippen LogP contribution in [0.3, 0.4) is 0 Å². The number of aromatic amines is 1. The molecular formula is C22H21Cl2N5O3. The van der Waals surface area contributed by atoms with Crippen LogP contribution in [0, 0.1) is 0 Å². The lowest BCUT2D eigenvalue weighted by Crippen LogP contribution is -2.34. The second-order valence-electron chi connectivity index (χ2n) is 8.03. The van der Waals surface area contributed by atoms with E-state index in [0.29, 0.717) is 11.3 Å². The number of pyridine rings is 1. The first kappa shape index (κ1) is 22.1. The Morgan fingerprint density at radius 3 is 2.16 bits per heavy atom. The van der Waals surface area contributed by atoms with Crippen LogP contribution in [0.1, 0.15) is 39.8 Å². The highest BCUT2D eigenvalue weighted by Gasteiger charge is 2.18. The van der Waals surface area contributed by atoms with Crippen molar-refractivity contribution in [2.75, 3.05) is 0 Å². The Kier molecular flexibility index (Phi) is 5.60. The summed E-state index contributed by atoms with van der Waals surface area (Å²) in [6.45, 7) is 7.45. The van der Waals surface area contributed by atoms with E-state index in [0.717, 1.165) is 11.0 Å². The fraction of sp³-hybridized carbons (Fsp3) is 0.273. The van der Waals surface area contributed by atoms with Crippen molar-refractivity contribution in [2.45, 2.75) is 39.8 Å². The number of H-pyrrole nitrogens is 1. The fourth-order valence-electron chi connectivity index (χ4n) is 3.76. The summed E-state index contributed by atoms with van der Waals surface area (Å²) in [5.41, 5.74) is 1.15. The summed E-state index contributed by atoms with van der Waals surface area (Å²) in [5.74, 6) is 0. The molecule has 1 N–H and O–H groups in total. The van der Waals surface area contributed by atoms with E-state index in [4.69, 9.17) is 23.2 Å². The lowest BCUT2D eigenvalue weighted by Gasteiger charge is -2.15. The number of rotatable bonds is 4. The lowest BCUT2D eigenvalue weighted by atomic mass is 10.1. The molecule has 0 saturated heterocycles. The third-order valence-corrected chi connectivity index (χ3v) is 5.75. The zero-order valence-corrected chi connectivity index (χ0v) is 19.4. The molecule has 166 valence electrons. The van der Waals surface area contributed by atoms with Gasteiger partial charge in [-0.1, -0.05) is 23.2 Å². The first-order chi connectivity index (χ1) is 15.1. The van der Waals surface area contributed by atoms with Gasteiger partial charge < -0.3 is 9.13 Å². The largest absolute Gasteiger partial charge is 0.345 e. The van der Waals surface area contributed by atoms with Gasteiger partial charge in [0.1, 0.15) is 0 Å². The van der Waals surface area contributed by atoms with Crippen LogP contribution in [-0.2, 0) is 0 Å². The standard InChI is InChI=1S/C22H21Cl2N5O3/c1-11(2)28-17-7-8-27(16(17)5-6-18(28)30)20-14(23)9-13(10-15(20)24)19-21(31)25-22(32)29(26-19)12(3)4/h5-12H,1-4H3,(H,25,31,32). The number of fused-ring (bicyclic) bond motifs is 1. The van der Waals surface area contributed by atoms with Crippen molar-refractivity contribution in [3.63, 3.8) is 0 Å². The molecule has 0 saturated carbocycles. The first-order valence-electron chi connectivity index (χ1n) is 10.1. The number of aromatic nitrogens is 5. The second-order valence-corrected chi connectivity index (χ2v) is 8.84. The summed E-state index contributed by atoms with van der Waals surface area (Å²) in [6, 6.07) is 7.97. The fourth-order valence-corrected chi connectivity index (χ4v) is 4.43. The Balaban J connectivity index is 1.92. The molecule has 8 nitrogen and oxygen atoms in total. The average Bonchev–Trinajstić information content (AvgIpc) is 3.10. The third-order valence-electron chi connectivity index (χ3n) is 5.17. The molecule has 4 rings (SSSR count).